The predicted molar refractivity (Wildman–Crippen MR) is 427 cm³/mol. The number of nitrogens with zero attached hydrogens (tertiary/aromatic N) is 8. The van der Waals surface area contributed by atoms with Crippen LogP contribution in [0.2, 0.25) is 0 Å². The van der Waals surface area contributed by atoms with Gasteiger partial charge in [0.1, 0.15) is 23.1 Å². The SMILES string of the molecule is Cc1cccc(C)c1-n1c(-c2ccc3c(c2)B2c4cc(Oc5ccccn5)ccc4N(Cc4ccccc4)c4cccc(c42)N3Cc2ccccc2)nc2ccccc21.Cc1cccc(C)c1-n1c(-c2ccc3c(c2)B2c4cc(Oc5ccccn5)ccc4Nc4cccc(c42)N3)nc2ccccc21. The van der Waals surface area contributed by atoms with Crippen LogP contribution in [-0.4, -0.2) is 42.5 Å². The highest BCUT2D eigenvalue weighted by atomic mass is 16.5. The molecule has 496 valence electrons. The highest BCUT2D eigenvalue weighted by molar-refractivity contribution is 7.01. The lowest BCUT2D eigenvalue weighted by Crippen LogP contribution is -2.62. The first-order valence-corrected chi connectivity index (χ1v) is 35.5. The number of rotatable bonds is 12. The van der Waals surface area contributed by atoms with Crippen LogP contribution >= 0.6 is 0 Å². The number of para-hydroxylation sites is 6. The second kappa shape index (κ2) is 25.5. The maximum Gasteiger partial charge on any atom is 0.252 e. The van der Waals surface area contributed by atoms with Gasteiger partial charge in [-0.2, -0.15) is 0 Å². The van der Waals surface area contributed by atoms with E-state index in [4.69, 9.17) is 19.4 Å². The summed E-state index contributed by atoms with van der Waals surface area (Å²) in [6, 6.07) is 103. The molecule has 0 bridgehead atoms. The number of anilines is 8. The average molecular weight is 1340 g/mol. The number of imidazole rings is 2. The smallest absolute Gasteiger partial charge is 0.252 e. The van der Waals surface area contributed by atoms with Crippen molar-refractivity contribution >= 4 is 114 Å². The van der Waals surface area contributed by atoms with Crippen molar-refractivity contribution in [2.45, 2.75) is 40.8 Å². The highest BCUT2D eigenvalue weighted by Crippen LogP contribution is 2.43. The summed E-state index contributed by atoms with van der Waals surface area (Å²) in [5, 5.41) is 7.41. The number of nitrogens with one attached hydrogen (secondary N) is 2. The van der Waals surface area contributed by atoms with Crippen molar-refractivity contribution < 1.29 is 9.47 Å². The van der Waals surface area contributed by atoms with Crippen molar-refractivity contribution in [1.29, 1.82) is 0 Å². The maximum atomic E-state index is 6.48. The standard InChI is InChI=1S/C52H40BN5O.C38H28BN5O/c1-35-15-13-16-36(2)51(35)58-46-22-10-9-21-43(46)55-52(58)39-26-28-44-41(31-39)53-42-32-40(59-49-25-11-12-30-54-49)27-29-45(42)57(34-38-19-7-4-8-20-38)48-24-14-23-47(50(48)53)56(44)33-37-17-5-3-6-18-37;1-23-9-7-10-24(2)37(23)44-34-14-4-3-11-31(34)43-38(44)25-16-18-29-27(21-25)39-28-22-26(45-35-15-5-6-20-40-35)17-19-30(28)42-33-13-8-12-32(41-29)36(33)39/h3-32H,33-34H2,1-2H3;3-22,41-42H,1-2H3. The molecular weight excluding hydrogens is 1270 g/mol. The zero-order valence-electron chi connectivity index (χ0n) is 57.8. The summed E-state index contributed by atoms with van der Waals surface area (Å²) in [7, 11) is 0. The molecular formula is C90H68B2N10O2. The number of aromatic nitrogens is 6. The summed E-state index contributed by atoms with van der Waals surface area (Å²) in [4.78, 5) is 24.5. The van der Waals surface area contributed by atoms with E-state index in [0.717, 1.165) is 103 Å². The molecule has 12 nitrogen and oxygen atoms in total. The first kappa shape index (κ1) is 61.9. The Kier molecular flexibility index (Phi) is 15.1. The minimum absolute atomic E-state index is 0.00559. The molecule has 2 N–H and O–H groups in total. The fourth-order valence-corrected chi connectivity index (χ4v) is 16.3. The first-order valence-electron chi connectivity index (χ1n) is 35.5. The first-order chi connectivity index (χ1) is 51.2. The Morgan fingerprint density at radius 1 is 0.337 bits per heavy atom. The molecule has 12 aromatic carbocycles. The zero-order valence-corrected chi connectivity index (χ0v) is 57.8. The summed E-state index contributed by atoms with van der Waals surface area (Å²) in [5.74, 6) is 4.50. The molecule has 0 aliphatic carbocycles. The van der Waals surface area contributed by atoms with E-state index in [2.05, 4.69) is 316 Å². The van der Waals surface area contributed by atoms with Crippen LogP contribution in [0.1, 0.15) is 33.4 Å². The third-order valence-corrected chi connectivity index (χ3v) is 20.8. The summed E-state index contributed by atoms with van der Waals surface area (Å²) in [5.41, 5.74) is 32.4. The highest BCUT2D eigenvalue weighted by Gasteiger charge is 2.44. The van der Waals surface area contributed by atoms with E-state index in [1.54, 1.807) is 12.4 Å². The molecule has 0 atom stereocenters. The molecule has 20 rings (SSSR count). The van der Waals surface area contributed by atoms with Crippen LogP contribution in [0.5, 0.6) is 23.3 Å². The lowest BCUT2D eigenvalue weighted by molar-refractivity contribution is 0.463. The van der Waals surface area contributed by atoms with Crippen molar-refractivity contribution in [1.82, 2.24) is 29.1 Å². The normalized spacial score (nSPS) is 12.6. The van der Waals surface area contributed by atoms with Crippen LogP contribution in [0.15, 0.2) is 304 Å². The third kappa shape index (κ3) is 10.7. The molecule has 8 heterocycles. The molecule has 0 radical (unpaired) electrons. The molecule has 4 aliphatic heterocycles. The predicted octanol–water partition coefficient (Wildman–Crippen LogP) is 17.4. The van der Waals surface area contributed by atoms with Crippen molar-refractivity contribution in [2.24, 2.45) is 0 Å². The molecule has 0 unspecified atom stereocenters. The summed E-state index contributed by atoms with van der Waals surface area (Å²) < 4.78 is 17.4. The number of aryl methyl sites for hydroxylation is 4. The van der Waals surface area contributed by atoms with Gasteiger partial charge in [0.25, 0.3) is 13.4 Å². The van der Waals surface area contributed by atoms with Gasteiger partial charge >= 0.3 is 0 Å². The molecule has 4 aliphatic rings. The van der Waals surface area contributed by atoms with E-state index in [0.29, 0.717) is 11.8 Å². The van der Waals surface area contributed by atoms with E-state index >= 15 is 0 Å². The van der Waals surface area contributed by atoms with Crippen LogP contribution in [0.3, 0.4) is 0 Å². The minimum atomic E-state index is -0.0875. The van der Waals surface area contributed by atoms with Crippen LogP contribution in [0.25, 0.3) is 56.2 Å². The minimum Gasteiger partial charge on any atom is -0.439 e. The van der Waals surface area contributed by atoms with Gasteiger partial charge in [-0.25, -0.2) is 19.9 Å². The van der Waals surface area contributed by atoms with Crippen molar-refractivity contribution in [3.05, 3.63) is 337 Å². The number of ether oxygens (including phenoxy) is 2. The van der Waals surface area contributed by atoms with Crippen LogP contribution in [0, 0.1) is 27.7 Å². The fourth-order valence-electron chi connectivity index (χ4n) is 16.3. The Balaban J connectivity index is 0.000000148. The van der Waals surface area contributed by atoms with Crippen LogP contribution in [0.4, 0.5) is 45.5 Å². The van der Waals surface area contributed by atoms with E-state index < -0.39 is 0 Å². The largest absolute Gasteiger partial charge is 0.439 e. The zero-order chi connectivity index (χ0) is 69.5. The van der Waals surface area contributed by atoms with Crippen LogP contribution in [-0.2, 0) is 13.1 Å². The van der Waals surface area contributed by atoms with Gasteiger partial charge in [-0.05, 0) is 215 Å². The van der Waals surface area contributed by atoms with E-state index in [1.165, 1.54) is 89.1 Å². The molecule has 0 saturated heterocycles. The molecule has 14 heteroatoms. The molecule has 0 fully saturated rings. The third-order valence-electron chi connectivity index (χ3n) is 20.8. The number of pyridine rings is 2. The molecule has 0 spiro atoms. The van der Waals surface area contributed by atoms with Gasteiger partial charge in [-0.1, -0.05) is 158 Å². The maximum absolute atomic E-state index is 6.48. The molecule has 0 amide bonds. The topological polar surface area (TPSA) is 110 Å². The number of benzene rings is 12. The number of hydrogen-bond donors (Lipinski definition) is 2. The monoisotopic (exact) mass is 1340 g/mol. The molecule has 16 aromatic rings. The molecule has 4 aromatic heterocycles. The second-order valence-corrected chi connectivity index (χ2v) is 27.3. The Morgan fingerprint density at radius 2 is 0.750 bits per heavy atom. The van der Waals surface area contributed by atoms with Gasteiger partial charge in [-0.15, -0.1) is 0 Å². The van der Waals surface area contributed by atoms with E-state index in [-0.39, 0.29) is 13.4 Å². The van der Waals surface area contributed by atoms with E-state index in [1.807, 2.05) is 42.5 Å². The van der Waals surface area contributed by atoms with Gasteiger partial charge in [0.05, 0.1) is 33.4 Å². The lowest BCUT2D eigenvalue weighted by atomic mass is 9.33. The Labute approximate surface area is 604 Å². The van der Waals surface area contributed by atoms with Gasteiger partial charge in [-0.3, -0.25) is 9.13 Å². The van der Waals surface area contributed by atoms with Gasteiger partial charge in [0.15, 0.2) is 0 Å². The molecule has 104 heavy (non-hydrogen) atoms. The Bertz CT molecular complexity index is 5980. The van der Waals surface area contributed by atoms with Gasteiger partial charge < -0.3 is 29.9 Å². The second-order valence-electron chi connectivity index (χ2n) is 27.3. The lowest BCUT2D eigenvalue weighted by Gasteiger charge is -2.44. The van der Waals surface area contributed by atoms with E-state index in [9.17, 15) is 0 Å². The van der Waals surface area contributed by atoms with Gasteiger partial charge in [0, 0.05) is 94.2 Å². The number of fused-ring (bicyclic) bond motifs is 10. The molecule has 0 saturated carbocycles. The van der Waals surface area contributed by atoms with Gasteiger partial charge in [0.2, 0.25) is 11.8 Å². The van der Waals surface area contributed by atoms with Crippen molar-refractivity contribution in [2.75, 3.05) is 20.4 Å². The summed E-state index contributed by atoms with van der Waals surface area (Å²) in [6.07, 6.45) is 3.51. The number of hydrogen-bond acceptors (Lipinski definition) is 10. The Hall–Kier alpha value is -13.2. The van der Waals surface area contributed by atoms with Crippen LogP contribution < -0.4 is 62.7 Å². The fraction of sp³-hybridized carbons (Fsp3) is 0.0667. The quantitative estimate of drug-likeness (QED) is 0.115. The summed E-state index contributed by atoms with van der Waals surface area (Å²) in [6.45, 7) is 10.1. The van der Waals surface area contributed by atoms with Crippen molar-refractivity contribution in [3.8, 4) is 57.4 Å². The Morgan fingerprint density at radius 3 is 1.28 bits per heavy atom. The summed E-state index contributed by atoms with van der Waals surface area (Å²) >= 11 is 0. The van der Waals surface area contributed by atoms with Crippen molar-refractivity contribution in [3.63, 3.8) is 0 Å². The average Bonchev–Trinajstić information content (AvgIpc) is 0.746.